The van der Waals surface area contributed by atoms with Crippen LogP contribution in [0, 0.1) is 3.57 Å². The maximum absolute atomic E-state index is 8.63. The van der Waals surface area contributed by atoms with Gasteiger partial charge in [0.05, 0.1) is 39.6 Å². The largest absolute Gasteiger partial charge is 0.394 e. The molecular weight excluding hydrogens is 335 g/mol. The molecule has 0 radical (unpaired) electrons. The second kappa shape index (κ2) is 8.82. The third-order valence-electron chi connectivity index (χ3n) is 2.03. The van der Waals surface area contributed by atoms with Crippen LogP contribution in [0.1, 0.15) is 11.1 Å². The van der Waals surface area contributed by atoms with Crippen molar-refractivity contribution < 1.29 is 19.7 Å². The lowest BCUT2D eigenvalue weighted by Gasteiger charge is -2.08. The van der Waals surface area contributed by atoms with Crippen LogP contribution in [0.4, 0.5) is 0 Å². The minimum absolute atomic E-state index is 0.0381. The van der Waals surface area contributed by atoms with Crippen molar-refractivity contribution in [3.8, 4) is 0 Å². The molecule has 0 aliphatic rings. The lowest BCUT2D eigenvalue weighted by molar-refractivity contribution is 0.0786. The Kier molecular flexibility index (Phi) is 7.70. The second-order valence-electron chi connectivity index (χ2n) is 3.52. The number of rotatable bonds is 8. The summed E-state index contributed by atoms with van der Waals surface area (Å²) in [5.74, 6) is 0. The molecule has 0 unspecified atom stereocenters. The summed E-state index contributed by atoms with van der Waals surface area (Å²) in [7, 11) is 0. The monoisotopic (exact) mass is 352 g/mol. The predicted octanol–water partition coefficient (Wildman–Crippen LogP) is 1.31. The highest BCUT2D eigenvalue weighted by Gasteiger charge is 2.00. The van der Waals surface area contributed by atoms with Crippen molar-refractivity contribution in [2.24, 2.45) is 0 Å². The summed E-state index contributed by atoms with van der Waals surface area (Å²) in [6.45, 7) is 1.76. The average molecular weight is 352 g/mol. The zero-order valence-corrected chi connectivity index (χ0v) is 11.7. The summed E-state index contributed by atoms with van der Waals surface area (Å²) in [5, 5.41) is 17.3. The number of aliphatic hydroxyl groups is 2. The Bertz CT molecular complexity index is 302. The minimum Gasteiger partial charge on any atom is -0.394 e. The van der Waals surface area contributed by atoms with E-state index in [0.717, 1.165) is 14.7 Å². The number of halogens is 1. The first kappa shape index (κ1) is 14.8. The fourth-order valence-corrected chi connectivity index (χ4v) is 2.19. The number of benzene rings is 1. The third kappa shape index (κ3) is 6.32. The maximum atomic E-state index is 8.63. The van der Waals surface area contributed by atoms with E-state index in [9.17, 15) is 0 Å². The molecule has 0 saturated carbocycles. The molecule has 1 aromatic rings. The molecule has 0 atom stereocenters. The summed E-state index contributed by atoms with van der Waals surface area (Å²) in [6, 6.07) is 6.08. The Balaban J connectivity index is 2.53. The Morgan fingerprint density at radius 3 is 1.76 bits per heavy atom. The lowest BCUT2D eigenvalue weighted by atomic mass is 10.1. The highest BCUT2D eigenvalue weighted by molar-refractivity contribution is 14.1. The molecule has 0 aliphatic carbocycles. The zero-order valence-electron chi connectivity index (χ0n) is 9.56. The van der Waals surface area contributed by atoms with Crippen molar-refractivity contribution in [1.29, 1.82) is 0 Å². The van der Waals surface area contributed by atoms with Gasteiger partial charge in [-0.3, -0.25) is 0 Å². The Morgan fingerprint density at radius 2 is 1.35 bits per heavy atom. The van der Waals surface area contributed by atoms with Gasteiger partial charge in [-0.2, -0.15) is 0 Å². The van der Waals surface area contributed by atoms with Crippen LogP contribution in [0.15, 0.2) is 18.2 Å². The van der Waals surface area contributed by atoms with Gasteiger partial charge in [-0.05, 0) is 45.9 Å². The molecular formula is C12H17IO4. The molecule has 17 heavy (non-hydrogen) atoms. The van der Waals surface area contributed by atoms with Crippen LogP contribution in [0.2, 0.25) is 0 Å². The molecule has 0 heterocycles. The molecule has 5 heteroatoms. The van der Waals surface area contributed by atoms with Crippen molar-refractivity contribution in [1.82, 2.24) is 0 Å². The number of ether oxygens (including phenoxy) is 2. The van der Waals surface area contributed by atoms with Gasteiger partial charge in [0.25, 0.3) is 0 Å². The topological polar surface area (TPSA) is 58.9 Å². The van der Waals surface area contributed by atoms with Crippen molar-refractivity contribution in [2.75, 3.05) is 26.4 Å². The summed E-state index contributed by atoms with van der Waals surface area (Å²) in [6.07, 6.45) is 0. The smallest absolute Gasteiger partial charge is 0.0718 e. The molecule has 0 fully saturated rings. The molecule has 0 amide bonds. The zero-order chi connectivity index (χ0) is 12.5. The standard InChI is InChI=1S/C12H17IO4/c13-12-6-10(8-16-3-1-14)5-11(7-12)9-17-4-2-15/h5-7,14-15H,1-4,8-9H2. The molecule has 1 rings (SSSR count). The van der Waals surface area contributed by atoms with Crippen LogP contribution in [-0.2, 0) is 22.7 Å². The van der Waals surface area contributed by atoms with Gasteiger partial charge >= 0.3 is 0 Å². The Morgan fingerprint density at radius 1 is 0.882 bits per heavy atom. The maximum Gasteiger partial charge on any atom is 0.0718 e. The SMILES string of the molecule is OCCOCc1cc(I)cc(COCCO)c1. The third-order valence-corrected chi connectivity index (χ3v) is 2.65. The minimum atomic E-state index is 0.0381. The first-order valence-electron chi connectivity index (χ1n) is 5.42. The van der Waals surface area contributed by atoms with E-state index in [4.69, 9.17) is 19.7 Å². The fourth-order valence-electron chi connectivity index (χ4n) is 1.39. The van der Waals surface area contributed by atoms with Gasteiger partial charge in [-0.15, -0.1) is 0 Å². The summed E-state index contributed by atoms with van der Waals surface area (Å²) >= 11 is 2.24. The van der Waals surface area contributed by atoms with Gasteiger partial charge in [0.2, 0.25) is 0 Å². The first-order chi connectivity index (χ1) is 8.26. The van der Waals surface area contributed by atoms with Crippen LogP contribution in [0.25, 0.3) is 0 Å². The van der Waals surface area contributed by atoms with Gasteiger partial charge in [-0.25, -0.2) is 0 Å². The molecule has 1 aromatic carbocycles. The van der Waals surface area contributed by atoms with E-state index in [1.165, 1.54) is 0 Å². The van der Waals surface area contributed by atoms with E-state index in [0.29, 0.717) is 26.4 Å². The highest BCUT2D eigenvalue weighted by atomic mass is 127. The van der Waals surface area contributed by atoms with Gasteiger partial charge < -0.3 is 19.7 Å². The quantitative estimate of drug-likeness (QED) is 0.547. The second-order valence-corrected chi connectivity index (χ2v) is 4.77. The van der Waals surface area contributed by atoms with Crippen LogP contribution < -0.4 is 0 Å². The van der Waals surface area contributed by atoms with E-state index >= 15 is 0 Å². The van der Waals surface area contributed by atoms with E-state index in [1.54, 1.807) is 0 Å². The molecule has 0 spiro atoms. The van der Waals surface area contributed by atoms with Crippen LogP contribution in [-0.4, -0.2) is 36.6 Å². The summed E-state index contributed by atoms with van der Waals surface area (Å²) in [5.41, 5.74) is 2.13. The number of hydrogen-bond acceptors (Lipinski definition) is 4. The van der Waals surface area contributed by atoms with E-state index < -0.39 is 0 Å². The van der Waals surface area contributed by atoms with E-state index in [1.807, 2.05) is 18.2 Å². The molecule has 4 nitrogen and oxygen atoms in total. The summed E-state index contributed by atoms with van der Waals surface area (Å²) < 4.78 is 11.7. The van der Waals surface area contributed by atoms with Crippen molar-refractivity contribution >= 4 is 22.6 Å². The van der Waals surface area contributed by atoms with Crippen molar-refractivity contribution in [3.63, 3.8) is 0 Å². The molecule has 0 saturated heterocycles. The van der Waals surface area contributed by atoms with Crippen molar-refractivity contribution in [3.05, 3.63) is 32.9 Å². The van der Waals surface area contributed by atoms with E-state index in [2.05, 4.69) is 22.6 Å². The lowest BCUT2D eigenvalue weighted by Crippen LogP contribution is -2.02. The van der Waals surface area contributed by atoms with E-state index in [-0.39, 0.29) is 13.2 Å². The molecule has 0 aliphatic heterocycles. The van der Waals surface area contributed by atoms with Crippen molar-refractivity contribution in [2.45, 2.75) is 13.2 Å². The Hall–Kier alpha value is -0.210. The van der Waals surface area contributed by atoms with Gasteiger partial charge in [0, 0.05) is 3.57 Å². The van der Waals surface area contributed by atoms with Gasteiger partial charge in [0.1, 0.15) is 0 Å². The average Bonchev–Trinajstić information content (AvgIpc) is 2.29. The van der Waals surface area contributed by atoms with Gasteiger partial charge in [-0.1, -0.05) is 6.07 Å². The normalized spacial score (nSPS) is 10.8. The first-order valence-corrected chi connectivity index (χ1v) is 6.49. The van der Waals surface area contributed by atoms with Crippen LogP contribution >= 0.6 is 22.6 Å². The summed E-state index contributed by atoms with van der Waals surface area (Å²) in [4.78, 5) is 0. The molecule has 0 aromatic heterocycles. The predicted molar refractivity (Wildman–Crippen MR) is 72.6 cm³/mol. The Labute approximate surface area is 115 Å². The van der Waals surface area contributed by atoms with Crippen LogP contribution in [0.5, 0.6) is 0 Å². The van der Waals surface area contributed by atoms with Gasteiger partial charge in [0.15, 0.2) is 0 Å². The van der Waals surface area contributed by atoms with Crippen LogP contribution in [0.3, 0.4) is 0 Å². The highest BCUT2D eigenvalue weighted by Crippen LogP contribution is 2.14. The molecule has 2 N–H and O–H groups in total. The number of aliphatic hydroxyl groups excluding tert-OH is 2. The fraction of sp³-hybridized carbons (Fsp3) is 0.500. The molecule has 96 valence electrons. The molecule has 0 bridgehead atoms. The number of hydrogen-bond donors (Lipinski definition) is 2.